The molecule has 1 aliphatic heterocycles. The summed E-state index contributed by atoms with van der Waals surface area (Å²) in [5.74, 6) is -0.404. The summed E-state index contributed by atoms with van der Waals surface area (Å²) >= 11 is 0. The standard InChI is InChI=1S/C22H24FNO6/c1-2-28-20-13-17(22(26)30-14-16-4-3-5-18(23)12-16)6-7-19(20)29-15-21(25)24-8-10-27-11-9-24/h3-7,12-13H,2,8-11,14-15H2,1H3. The van der Waals surface area contributed by atoms with Crippen LogP contribution < -0.4 is 9.47 Å². The molecule has 1 saturated heterocycles. The van der Waals surface area contributed by atoms with Crippen molar-refractivity contribution in [2.75, 3.05) is 39.5 Å². The summed E-state index contributed by atoms with van der Waals surface area (Å²) in [6.07, 6.45) is 0. The maximum atomic E-state index is 13.2. The normalized spacial score (nSPS) is 13.6. The predicted molar refractivity (Wildman–Crippen MR) is 106 cm³/mol. The zero-order valence-corrected chi connectivity index (χ0v) is 16.8. The lowest BCUT2D eigenvalue weighted by Crippen LogP contribution is -2.43. The van der Waals surface area contributed by atoms with E-state index in [2.05, 4.69) is 0 Å². The van der Waals surface area contributed by atoms with Gasteiger partial charge in [0.2, 0.25) is 0 Å². The smallest absolute Gasteiger partial charge is 0.338 e. The van der Waals surface area contributed by atoms with Crippen LogP contribution in [0.3, 0.4) is 0 Å². The maximum absolute atomic E-state index is 13.2. The van der Waals surface area contributed by atoms with E-state index in [4.69, 9.17) is 18.9 Å². The molecule has 0 N–H and O–H groups in total. The van der Waals surface area contributed by atoms with Crippen LogP contribution in [0.25, 0.3) is 0 Å². The molecule has 2 aromatic carbocycles. The van der Waals surface area contributed by atoms with Crippen molar-refractivity contribution in [3.8, 4) is 11.5 Å². The van der Waals surface area contributed by atoms with Gasteiger partial charge in [0.25, 0.3) is 5.91 Å². The van der Waals surface area contributed by atoms with Gasteiger partial charge in [-0.15, -0.1) is 0 Å². The van der Waals surface area contributed by atoms with Crippen LogP contribution >= 0.6 is 0 Å². The second-order valence-electron chi connectivity index (χ2n) is 6.58. The van der Waals surface area contributed by atoms with E-state index in [1.165, 1.54) is 24.3 Å². The van der Waals surface area contributed by atoms with Gasteiger partial charge >= 0.3 is 5.97 Å². The number of esters is 1. The molecule has 1 heterocycles. The highest BCUT2D eigenvalue weighted by molar-refractivity contribution is 5.90. The first kappa shape index (κ1) is 21.6. The summed E-state index contributed by atoms with van der Waals surface area (Å²) in [6, 6.07) is 10.5. The van der Waals surface area contributed by atoms with E-state index >= 15 is 0 Å². The Hall–Kier alpha value is -3.13. The van der Waals surface area contributed by atoms with Gasteiger partial charge in [-0.3, -0.25) is 4.79 Å². The van der Waals surface area contributed by atoms with Gasteiger partial charge in [0.15, 0.2) is 18.1 Å². The van der Waals surface area contributed by atoms with Crippen LogP contribution in [0.1, 0.15) is 22.8 Å². The minimum Gasteiger partial charge on any atom is -0.490 e. The fourth-order valence-corrected chi connectivity index (χ4v) is 2.93. The Bertz CT molecular complexity index is 882. The van der Waals surface area contributed by atoms with Gasteiger partial charge in [-0.05, 0) is 42.8 Å². The second-order valence-corrected chi connectivity index (χ2v) is 6.58. The van der Waals surface area contributed by atoms with Gasteiger partial charge in [-0.25, -0.2) is 9.18 Å². The number of ether oxygens (including phenoxy) is 4. The molecule has 1 fully saturated rings. The molecule has 0 aliphatic carbocycles. The van der Waals surface area contributed by atoms with E-state index in [9.17, 15) is 14.0 Å². The number of amides is 1. The molecule has 1 aliphatic rings. The van der Waals surface area contributed by atoms with Crippen LogP contribution in [0.2, 0.25) is 0 Å². The molecule has 30 heavy (non-hydrogen) atoms. The number of halogens is 1. The van der Waals surface area contributed by atoms with Crippen LogP contribution in [0, 0.1) is 5.82 Å². The molecule has 0 unspecified atom stereocenters. The highest BCUT2D eigenvalue weighted by Crippen LogP contribution is 2.29. The van der Waals surface area contributed by atoms with E-state index in [0.29, 0.717) is 50.0 Å². The van der Waals surface area contributed by atoms with Crippen molar-refractivity contribution < 1.29 is 32.9 Å². The number of hydrogen-bond donors (Lipinski definition) is 0. The minimum absolute atomic E-state index is 0.0487. The minimum atomic E-state index is -0.573. The van der Waals surface area contributed by atoms with Crippen LogP contribution in [0.15, 0.2) is 42.5 Å². The van der Waals surface area contributed by atoms with Crippen molar-refractivity contribution >= 4 is 11.9 Å². The first-order valence-electron chi connectivity index (χ1n) is 9.73. The molecule has 2 aromatic rings. The van der Waals surface area contributed by atoms with Crippen molar-refractivity contribution in [3.05, 3.63) is 59.4 Å². The maximum Gasteiger partial charge on any atom is 0.338 e. The summed E-state index contributed by atoms with van der Waals surface area (Å²) in [5.41, 5.74) is 0.816. The fourth-order valence-electron chi connectivity index (χ4n) is 2.93. The van der Waals surface area contributed by atoms with Crippen molar-refractivity contribution in [3.63, 3.8) is 0 Å². The highest BCUT2D eigenvalue weighted by atomic mass is 19.1. The SMILES string of the molecule is CCOc1cc(C(=O)OCc2cccc(F)c2)ccc1OCC(=O)N1CCOCC1. The molecular formula is C22H24FNO6. The third-order valence-electron chi connectivity index (χ3n) is 4.45. The Labute approximate surface area is 174 Å². The Morgan fingerprint density at radius 3 is 2.60 bits per heavy atom. The topological polar surface area (TPSA) is 74.3 Å². The van der Waals surface area contributed by atoms with Gasteiger partial charge in [-0.1, -0.05) is 12.1 Å². The monoisotopic (exact) mass is 417 g/mol. The third-order valence-corrected chi connectivity index (χ3v) is 4.45. The van der Waals surface area contributed by atoms with E-state index in [-0.39, 0.29) is 24.7 Å². The zero-order chi connectivity index (χ0) is 21.3. The van der Waals surface area contributed by atoms with Crippen LogP contribution in [-0.4, -0.2) is 56.3 Å². The number of benzene rings is 2. The highest BCUT2D eigenvalue weighted by Gasteiger charge is 2.19. The molecule has 0 spiro atoms. The first-order valence-corrected chi connectivity index (χ1v) is 9.73. The molecule has 3 rings (SSSR count). The summed E-state index contributed by atoms with van der Waals surface area (Å²) in [7, 11) is 0. The largest absolute Gasteiger partial charge is 0.490 e. The molecule has 0 saturated carbocycles. The average molecular weight is 417 g/mol. The molecule has 0 bridgehead atoms. The molecule has 0 radical (unpaired) electrons. The number of carbonyl (C=O) groups excluding carboxylic acids is 2. The quantitative estimate of drug-likeness (QED) is 0.615. The zero-order valence-electron chi connectivity index (χ0n) is 16.8. The van der Waals surface area contributed by atoms with Gasteiger partial charge < -0.3 is 23.8 Å². The van der Waals surface area contributed by atoms with Crippen LogP contribution in [0.5, 0.6) is 11.5 Å². The van der Waals surface area contributed by atoms with Crippen molar-refractivity contribution in [2.45, 2.75) is 13.5 Å². The summed E-state index contributed by atoms with van der Waals surface area (Å²) < 4.78 is 34.9. The lowest BCUT2D eigenvalue weighted by Gasteiger charge is -2.26. The summed E-state index contributed by atoms with van der Waals surface area (Å²) in [4.78, 5) is 26.3. The Morgan fingerprint density at radius 2 is 1.87 bits per heavy atom. The van der Waals surface area contributed by atoms with Crippen molar-refractivity contribution in [1.29, 1.82) is 0 Å². The number of carbonyl (C=O) groups is 2. The summed E-state index contributed by atoms with van der Waals surface area (Å²) in [5, 5.41) is 0. The van der Waals surface area contributed by atoms with Crippen molar-refractivity contribution in [2.24, 2.45) is 0 Å². The van der Waals surface area contributed by atoms with Gasteiger partial charge in [0.05, 0.1) is 25.4 Å². The van der Waals surface area contributed by atoms with E-state index in [0.717, 1.165) is 0 Å². The van der Waals surface area contributed by atoms with E-state index < -0.39 is 11.8 Å². The first-order chi connectivity index (χ1) is 14.6. The predicted octanol–water partition coefficient (Wildman–Crippen LogP) is 2.82. The number of hydrogen-bond acceptors (Lipinski definition) is 6. The van der Waals surface area contributed by atoms with E-state index in [1.807, 2.05) is 0 Å². The molecule has 160 valence electrons. The number of rotatable bonds is 8. The fraction of sp³-hybridized carbons (Fsp3) is 0.364. The average Bonchev–Trinajstić information content (AvgIpc) is 2.77. The van der Waals surface area contributed by atoms with Crippen molar-refractivity contribution in [1.82, 2.24) is 4.90 Å². The molecule has 8 heteroatoms. The molecule has 0 aromatic heterocycles. The number of nitrogens with zero attached hydrogens (tertiary/aromatic N) is 1. The van der Waals surface area contributed by atoms with Gasteiger partial charge in [-0.2, -0.15) is 0 Å². The third kappa shape index (κ3) is 5.93. The Kier molecular flexibility index (Phi) is 7.62. The molecule has 7 nitrogen and oxygen atoms in total. The van der Waals surface area contributed by atoms with Gasteiger partial charge in [0, 0.05) is 13.1 Å². The molecule has 1 amide bonds. The van der Waals surface area contributed by atoms with Crippen LogP contribution in [0.4, 0.5) is 4.39 Å². The Morgan fingerprint density at radius 1 is 1.07 bits per heavy atom. The molecule has 0 atom stereocenters. The van der Waals surface area contributed by atoms with Gasteiger partial charge in [0.1, 0.15) is 12.4 Å². The lowest BCUT2D eigenvalue weighted by molar-refractivity contribution is -0.137. The Balaban J connectivity index is 1.61. The second kappa shape index (κ2) is 10.6. The van der Waals surface area contributed by atoms with E-state index in [1.54, 1.807) is 30.0 Å². The molecular weight excluding hydrogens is 393 g/mol. The summed E-state index contributed by atoms with van der Waals surface area (Å²) in [6.45, 7) is 4.08. The lowest BCUT2D eigenvalue weighted by atomic mass is 10.2. The van der Waals surface area contributed by atoms with Crippen LogP contribution in [-0.2, 0) is 20.9 Å². The number of morpholine rings is 1.